The summed E-state index contributed by atoms with van der Waals surface area (Å²) in [6.45, 7) is 5.55. The van der Waals surface area contributed by atoms with Crippen molar-refractivity contribution in [2.24, 2.45) is 5.73 Å². The molecule has 7 nitrogen and oxygen atoms in total. The van der Waals surface area contributed by atoms with Crippen LogP contribution in [0, 0.1) is 0 Å². The van der Waals surface area contributed by atoms with Gasteiger partial charge in [0.25, 0.3) is 0 Å². The molecule has 7 heteroatoms. The van der Waals surface area contributed by atoms with Gasteiger partial charge in [0, 0.05) is 6.08 Å². The second-order valence-electron chi connectivity index (χ2n) is 4.22. The van der Waals surface area contributed by atoms with Crippen molar-refractivity contribution in [3.05, 3.63) is 12.2 Å². The summed E-state index contributed by atoms with van der Waals surface area (Å²) in [4.78, 5) is 34.6. The van der Waals surface area contributed by atoms with Crippen LogP contribution >= 0.6 is 0 Å². The van der Waals surface area contributed by atoms with Crippen molar-refractivity contribution in [2.75, 3.05) is 19.8 Å². The van der Waals surface area contributed by atoms with Gasteiger partial charge in [-0.2, -0.15) is 0 Å². The van der Waals surface area contributed by atoms with Gasteiger partial charge >= 0.3 is 17.9 Å². The molecule has 0 amide bonds. The first-order valence-electron chi connectivity index (χ1n) is 6.84. The van der Waals surface area contributed by atoms with Gasteiger partial charge < -0.3 is 19.9 Å². The molecule has 0 saturated heterocycles. The van der Waals surface area contributed by atoms with E-state index in [1.807, 2.05) is 0 Å². The molecule has 1 unspecified atom stereocenters. The first-order chi connectivity index (χ1) is 9.89. The van der Waals surface area contributed by atoms with Gasteiger partial charge in [-0.05, 0) is 27.2 Å². The van der Waals surface area contributed by atoms with Gasteiger partial charge in [-0.25, -0.2) is 4.79 Å². The zero-order chi connectivity index (χ0) is 16.3. The Bertz CT molecular complexity index is 393. The van der Waals surface area contributed by atoms with Crippen molar-refractivity contribution in [3.8, 4) is 0 Å². The van der Waals surface area contributed by atoms with Crippen molar-refractivity contribution >= 4 is 17.9 Å². The van der Waals surface area contributed by atoms with Crippen LogP contribution in [0.3, 0.4) is 0 Å². The molecule has 0 rings (SSSR count). The predicted molar refractivity (Wildman–Crippen MR) is 75.2 cm³/mol. The van der Waals surface area contributed by atoms with E-state index in [0.29, 0.717) is 0 Å². The Hall–Kier alpha value is -1.89. The summed E-state index contributed by atoms with van der Waals surface area (Å²) in [5, 5.41) is 0. The molecule has 0 heterocycles. The molecule has 1 atom stereocenters. The van der Waals surface area contributed by atoms with Crippen molar-refractivity contribution < 1.29 is 28.6 Å². The standard InChI is InChI=1S/C14H23NO6/c1-4-19-11(16)8-7-9-14(15,13(18)21-6-3)10-12(17)20-5-2/h7-8H,4-6,9-10,15H2,1-3H3/b8-7+. The SMILES string of the molecule is CCOC(=O)/C=C/CC(N)(CC(=O)OCC)C(=O)OCC. The van der Waals surface area contributed by atoms with Crippen molar-refractivity contribution in [2.45, 2.75) is 39.2 Å². The molecule has 0 radical (unpaired) electrons. The van der Waals surface area contributed by atoms with E-state index in [1.165, 1.54) is 6.08 Å². The molecule has 0 aliphatic rings. The number of carbonyl (C=O) groups is 3. The topological polar surface area (TPSA) is 105 Å². The predicted octanol–water partition coefficient (Wildman–Crippen LogP) is 0.710. The summed E-state index contributed by atoms with van der Waals surface area (Å²) in [5.41, 5.74) is 4.38. The second-order valence-corrected chi connectivity index (χ2v) is 4.22. The Morgan fingerprint density at radius 2 is 1.57 bits per heavy atom. The van der Waals surface area contributed by atoms with E-state index in [1.54, 1.807) is 20.8 Å². The zero-order valence-corrected chi connectivity index (χ0v) is 12.7. The third-order valence-corrected chi connectivity index (χ3v) is 2.47. The summed E-state index contributed by atoms with van der Waals surface area (Å²) < 4.78 is 14.4. The van der Waals surface area contributed by atoms with Crippen LogP contribution in [0.25, 0.3) is 0 Å². The average molecular weight is 301 g/mol. The summed E-state index contributed by atoms with van der Waals surface area (Å²) >= 11 is 0. The van der Waals surface area contributed by atoms with Crippen molar-refractivity contribution in [3.63, 3.8) is 0 Å². The number of ether oxygens (including phenoxy) is 3. The molecule has 0 aliphatic heterocycles. The second kappa shape index (κ2) is 9.93. The molecule has 0 aromatic heterocycles. The fourth-order valence-corrected chi connectivity index (χ4v) is 1.53. The van der Waals surface area contributed by atoms with E-state index in [-0.39, 0.29) is 32.7 Å². The molecular weight excluding hydrogens is 278 g/mol. The van der Waals surface area contributed by atoms with Crippen LogP contribution in [0.2, 0.25) is 0 Å². The average Bonchev–Trinajstić information content (AvgIpc) is 2.39. The third-order valence-electron chi connectivity index (χ3n) is 2.47. The number of rotatable bonds is 9. The van der Waals surface area contributed by atoms with Crippen molar-refractivity contribution in [1.82, 2.24) is 0 Å². The van der Waals surface area contributed by atoms with E-state index in [9.17, 15) is 14.4 Å². The van der Waals surface area contributed by atoms with Gasteiger partial charge in [-0.1, -0.05) is 6.08 Å². The summed E-state index contributed by atoms with van der Waals surface area (Å²) in [6.07, 6.45) is 2.18. The maximum absolute atomic E-state index is 11.9. The van der Waals surface area contributed by atoms with E-state index in [4.69, 9.17) is 19.9 Å². The quantitative estimate of drug-likeness (QED) is 0.380. The van der Waals surface area contributed by atoms with E-state index in [0.717, 1.165) is 6.08 Å². The van der Waals surface area contributed by atoms with Crippen molar-refractivity contribution in [1.29, 1.82) is 0 Å². The molecule has 2 N–H and O–H groups in total. The molecule has 0 aromatic carbocycles. The van der Waals surface area contributed by atoms with Crippen LogP contribution in [-0.2, 0) is 28.6 Å². The first-order valence-corrected chi connectivity index (χ1v) is 6.84. The lowest BCUT2D eigenvalue weighted by molar-refractivity contribution is -0.156. The lowest BCUT2D eigenvalue weighted by Crippen LogP contribution is -2.50. The maximum Gasteiger partial charge on any atom is 0.330 e. The van der Waals surface area contributed by atoms with Crippen LogP contribution in [0.1, 0.15) is 33.6 Å². The lowest BCUT2D eigenvalue weighted by Gasteiger charge is -2.24. The fourth-order valence-electron chi connectivity index (χ4n) is 1.53. The smallest absolute Gasteiger partial charge is 0.330 e. The summed E-state index contributed by atoms with van der Waals surface area (Å²) in [5.74, 6) is -1.86. The molecule has 0 aromatic rings. The van der Waals surface area contributed by atoms with Gasteiger partial charge in [-0.15, -0.1) is 0 Å². The minimum Gasteiger partial charge on any atom is -0.466 e. The first kappa shape index (κ1) is 19.1. The number of hydrogen-bond donors (Lipinski definition) is 1. The van der Waals surface area contributed by atoms with Crippen LogP contribution in [-0.4, -0.2) is 43.3 Å². The molecule has 0 saturated carbocycles. The highest BCUT2D eigenvalue weighted by molar-refractivity contribution is 5.87. The monoisotopic (exact) mass is 301 g/mol. The molecule has 0 fully saturated rings. The number of hydrogen-bond acceptors (Lipinski definition) is 7. The fraction of sp³-hybridized carbons (Fsp3) is 0.643. The van der Waals surface area contributed by atoms with Gasteiger partial charge in [-0.3, -0.25) is 9.59 Å². The Labute approximate surface area is 124 Å². The minimum absolute atomic E-state index is 0.0382. The highest BCUT2D eigenvalue weighted by Crippen LogP contribution is 2.16. The molecular formula is C14H23NO6. The molecule has 120 valence electrons. The van der Waals surface area contributed by atoms with Gasteiger partial charge in [0.1, 0.15) is 5.54 Å². The van der Waals surface area contributed by atoms with Gasteiger partial charge in [0.2, 0.25) is 0 Å². The lowest BCUT2D eigenvalue weighted by atomic mass is 9.92. The van der Waals surface area contributed by atoms with Crippen LogP contribution < -0.4 is 5.73 Å². The summed E-state index contributed by atoms with van der Waals surface area (Å²) in [6, 6.07) is 0. The minimum atomic E-state index is -1.56. The largest absolute Gasteiger partial charge is 0.466 e. The molecule has 0 bridgehead atoms. The Balaban J connectivity index is 4.83. The molecule has 21 heavy (non-hydrogen) atoms. The third kappa shape index (κ3) is 7.45. The van der Waals surface area contributed by atoms with Crippen LogP contribution in [0.15, 0.2) is 12.2 Å². The number of esters is 3. The van der Waals surface area contributed by atoms with Crippen LogP contribution in [0.5, 0.6) is 0 Å². The number of nitrogens with two attached hydrogens (primary N) is 1. The number of carbonyl (C=O) groups excluding carboxylic acids is 3. The van der Waals surface area contributed by atoms with E-state index < -0.39 is 23.4 Å². The Kier molecular flexibility index (Phi) is 9.03. The Morgan fingerprint density at radius 1 is 1.00 bits per heavy atom. The van der Waals surface area contributed by atoms with E-state index >= 15 is 0 Å². The summed E-state index contributed by atoms with van der Waals surface area (Å²) in [7, 11) is 0. The van der Waals surface area contributed by atoms with Gasteiger partial charge in [0.15, 0.2) is 0 Å². The van der Waals surface area contributed by atoms with Crippen LogP contribution in [0.4, 0.5) is 0 Å². The zero-order valence-electron chi connectivity index (χ0n) is 12.7. The van der Waals surface area contributed by atoms with E-state index in [2.05, 4.69) is 0 Å². The van der Waals surface area contributed by atoms with Gasteiger partial charge in [0.05, 0.1) is 26.2 Å². The molecule has 0 spiro atoms. The normalized spacial score (nSPS) is 13.5. The highest BCUT2D eigenvalue weighted by atomic mass is 16.5. The highest BCUT2D eigenvalue weighted by Gasteiger charge is 2.37. The Morgan fingerprint density at radius 3 is 2.10 bits per heavy atom. The maximum atomic E-state index is 11.9. The molecule has 0 aliphatic carbocycles.